The minimum absolute atomic E-state index is 0.308. The fourth-order valence-electron chi connectivity index (χ4n) is 3.01. The van der Waals surface area contributed by atoms with E-state index >= 15 is 0 Å². The summed E-state index contributed by atoms with van der Waals surface area (Å²) < 4.78 is 16.3. The van der Waals surface area contributed by atoms with Gasteiger partial charge in [0.15, 0.2) is 0 Å². The van der Waals surface area contributed by atoms with E-state index in [1.165, 1.54) is 22.6 Å². The highest BCUT2D eigenvalue weighted by atomic mass is 19.1. The van der Waals surface area contributed by atoms with Gasteiger partial charge in [0, 0.05) is 49.2 Å². The summed E-state index contributed by atoms with van der Waals surface area (Å²) in [6.45, 7) is 4.69. The fraction of sp³-hybridized carbons (Fsp3) is 0.353. The molecule has 130 valence electrons. The fourth-order valence-corrected chi connectivity index (χ4v) is 3.01. The van der Waals surface area contributed by atoms with Crippen LogP contribution in [0.15, 0.2) is 41.6 Å². The van der Waals surface area contributed by atoms with Crippen molar-refractivity contribution in [2.75, 3.05) is 13.1 Å². The van der Waals surface area contributed by atoms with Gasteiger partial charge in [0.2, 0.25) is 0 Å². The molecule has 7 nitrogen and oxygen atoms in total. The van der Waals surface area contributed by atoms with Crippen molar-refractivity contribution in [2.24, 2.45) is 0 Å². The Balaban J connectivity index is 1.58. The lowest BCUT2D eigenvalue weighted by Gasteiger charge is -2.29. The third-order valence-corrected chi connectivity index (χ3v) is 4.39. The Labute approximate surface area is 143 Å². The molecule has 2 N–H and O–H groups in total. The first-order valence-electron chi connectivity index (χ1n) is 8.27. The van der Waals surface area contributed by atoms with E-state index in [0.29, 0.717) is 23.4 Å². The van der Waals surface area contributed by atoms with E-state index in [1.807, 2.05) is 10.9 Å². The molecular weight excluding hydrogens is 323 g/mol. The monoisotopic (exact) mass is 342 g/mol. The molecule has 0 aromatic carbocycles. The molecule has 0 radical (unpaired) electrons. The molecule has 3 aromatic heterocycles. The molecule has 1 unspecified atom stereocenters. The number of pyridine rings is 1. The van der Waals surface area contributed by atoms with Crippen molar-refractivity contribution in [1.29, 1.82) is 0 Å². The summed E-state index contributed by atoms with van der Waals surface area (Å²) >= 11 is 0. The maximum absolute atomic E-state index is 13.3. The van der Waals surface area contributed by atoms with Gasteiger partial charge in [-0.2, -0.15) is 5.10 Å². The van der Waals surface area contributed by atoms with Crippen molar-refractivity contribution in [3.63, 3.8) is 0 Å². The molecule has 1 aliphatic heterocycles. The van der Waals surface area contributed by atoms with Crippen molar-refractivity contribution in [1.82, 2.24) is 29.8 Å². The summed E-state index contributed by atoms with van der Waals surface area (Å²) in [6, 6.07) is 4.96. The molecule has 25 heavy (non-hydrogen) atoms. The number of nitrogens with one attached hydrogen (secondary N) is 2. The summed E-state index contributed by atoms with van der Waals surface area (Å²) in [4.78, 5) is 16.6. The molecule has 2 atom stereocenters. The quantitative estimate of drug-likeness (QED) is 0.731. The number of halogens is 1. The van der Waals surface area contributed by atoms with Gasteiger partial charge in [-0.25, -0.2) is 9.37 Å². The molecule has 0 amide bonds. The Bertz CT molecular complexity index is 957. The number of hydrogen-bond acceptors (Lipinski definition) is 5. The Morgan fingerprint density at radius 3 is 2.96 bits per heavy atom. The average molecular weight is 342 g/mol. The molecular formula is C17H19FN6O. The number of hydrogen-bond donors (Lipinski definition) is 2. The second-order valence-corrected chi connectivity index (χ2v) is 6.42. The Morgan fingerprint density at radius 2 is 2.16 bits per heavy atom. The molecule has 4 rings (SSSR count). The van der Waals surface area contributed by atoms with Crippen molar-refractivity contribution in [3.05, 3.63) is 53.0 Å². The number of piperazine rings is 1. The maximum Gasteiger partial charge on any atom is 0.258 e. The van der Waals surface area contributed by atoms with E-state index in [1.54, 1.807) is 6.20 Å². The molecule has 1 saturated heterocycles. The van der Waals surface area contributed by atoms with Gasteiger partial charge in [-0.3, -0.25) is 13.9 Å². The van der Waals surface area contributed by atoms with Gasteiger partial charge < -0.3 is 10.6 Å². The molecule has 4 heterocycles. The molecule has 0 spiro atoms. The first kappa shape index (κ1) is 15.9. The Morgan fingerprint density at radius 1 is 1.28 bits per heavy atom. The van der Waals surface area contributed by atoms with Crippen LogP contribution in [0.5, 0.6) is 0 Å². The van der Waals surface area contributed by atoms with E-state index < -0.39 is 5.82 Å². The van der Waals surface area contributed by atoms with Crippen LogP contribution < -0.4 is 16.2 Å². The molecule has 8 heteroatoms. The van der Waals surface area contributed by atoms with Gasteiger partial charge in [0.1, 0.15) is 11.5 Å². The lowest BCUT2D eigenvalue weighted by Crippen LogP contribution is -2.54. The van der Waals surface area contributed by atoms with Crippen LogP contribution in [0.2, 0.25) is 0 Å². The van der Waals surface area contributed by atoms with E-state index in [9.17, 15) is 9.18 Å². The van der Waals surface area contributed by atoms with Gasteiger partial charge in [0.05, 0.1) is 18.4 Å². The van der Waals surface area contributed by atoms with E-state index in [-0.39, 0.29) is 5.56 Å². The molecule has 1 aliphatic rings. The number of fused-ring (bicyclic) bond motifs is 1. The Hall–Kier alpha value is -2.58. The summed E-state index contributed by atoms with van der Waals surface area (Å²) in [5.74, 6) is -0.472. The van der Waals surface area contributed by atoms with Crippen LogP contribution in [0.1, 0.15) is 6.92 Å². The highest BCUT2D eigenvalue weighted by Crippen LogP contribution is 2.16. The van der Waals surface area contributed by atoms with Crippen molar-refractivity contribution < 1.29 is 4.39 Å². The molecule has 0 aliphatic carbocycles. The molecule has 3 aromatic rings. The second-order valence-electron chi connectivity index (χ2n) is 6.42. The maximum atomic E-state index is 13.3. The van der Waals surface area contributed by atoms with Gasteiger partial charge in [-0.15, -0.1) is 0 Å². The van der Waals surface area contributed by atoms with Crippen LogP contribution in [0.4, 0.5) is 4.39 Å². The third kappa shape index (κ3) is 3.31. The van der Waals surface area contributed by atoms with Crippen LogP contribution >= 0.6 is 0 Å². The van der Waals surface area contributed by atoms with Crippen LogP contribution in [0, 0.1) is 5.82 Å². The molecule has 1 fully saturated rings. The minimum atomic E-state index is -0.472. The zero-order chi connectivity index (χ0) is 17.4. The minimum Gasteiger partial charge on any atom is -0.311 e. The van der Waals surface area contributed by atoms with Crippen LogP contribution in [-0.4, -0.2) is 44.3 Å². The third-order valence-electron chi connectivity index (χ3n) is 4.39. The topological polar surface area (TPSA) is 76.2 Å². The molecule has 0 bridgehead atoms. The smallest absolute Gasteiger partial charge is 0.258 e. The predicted octanol–water partition coefficient (Wildman–Crippen LogP) is 0.647. The van der Waals surface area contributed by atoms with Crippen molar-refractivity contribution in [2.45, 2.75) is 25.6 Å². The lowest BCUT2D eigenvalue weighted by atomic mass is 10.2. The largest absolute Gasteiger partial charge is 0.311 e. The average Bonchev–Trinajstić information content (AvgIpc) is 3.06. The normalized spacial score (nSPS) is 20.9. The second kappa shape index (κ2) is 6.38. The number of rotatable bonds is 3. The highest BCUT2D eigenvalue weighted by Gasteiger charge is 2.17. The van der Waals surface area contributed by atoms with Crippen LogP contribution in [-0.2, 0) is 6.54 Å². The predicted molar refractivity (Wildman–Crippen MR) is 91.9 cm³/mol. The number of aromatic nitrogens is 4. The summed E-state index contributed by atoms with van der Waals surface area (Å²) in [5, 5.41) is 11.3. The summed E-state index contributed by atoms with van der Waals surface area (Å²) in [6.07, 6.45) is 4.71. The van der Waals surface area contributed by atoms with Crippen LogP contribution in [0.3, 0.4) is 0 Å². The van der Waals surface area contributed by atoms with E-state index in [2.05, 4.69) is 27.6 Å². The van der Waals surface area contributed by atoms with Gasteiger partial charge in [0.25, 0.3) is 5.56 Å². The van der Waals surface area contributed by atoms with Gasteiger partial charge in [-0.1, -0.05) is 0 Å². The Kier molecular flexibility index (Phi) is 4.06. The van der Waals surface area contributed by atoms with Gasteiger partial charge in [-0.05, 0) is 19.1 Å². The molecule has 0 saturated carbocycles. The van der Waals surface area contributed by atoms with Crippen molar-refractivity contribution >= 4 is 5.65 Å². The number of nitrogens with zero attached hydrogens (tertiary/aromatic N) is 4. The zero-order valence-corrected chi connectivity index (χ0v) is 13.8. The van der Waals surface area contributed by atoms with Gasteiger partial charge >= 0.3 is 0 Å². The SMILES string of the molecule is C[C@H]1CNC(Cn2cc(-c3cc(=O)n4cc(F)ccc4n3)cn2)CN1. The van der Waals surface area contributed by atoms with Crippen LogP contribution in [0.25, 0.3) is 16.9 Å². The first-order valence-corrected chi connectivity index (χ1v) is 8.27. The van der Waals surface area contributed by atoms with E-state index in [0.717, 1.165) is 31.4 Å². The van der Waals surface area contributed by atoms with E-state index in [4.69, 9.17) is 0 Å². The summed E-state index contributed by atoms with van der Waals surface area (Å²) in [5.41, 5.74) is 1.38. The zero-order valence-electron chi connectivity index (χ0n) is 13.8. The lowest BCUT2D eigenvalue weighted by molar-refractivity contribution is 0.324. The highest BCUT2D eigenvalue weighted by molar-refractivity contribution is 5.59. The van der Waals surface area contributed by atoms with Crippen molar-refractivity contribution in [3.8, 4) is 11.3 Å². The first-order chi connectivity index (χ1) is 12.1. The standard InChI is InChI=1S/C17H19FN6O/c1-11-5-20-14(7-19-11)10-23-8-12(6-21-23)15-4-17(25)24-9-13(18)2-3-16(24)22-15/h2-4,6,8-9,11,14,19-20H,5,7,10H2,1H3/t11-,14?/m0/s1. The summed E-state index contributed by atoms with van der Waals surface area (Å²) in [7, 11) is 0.